The highest BCUT2D eigenvalue weighted by Crippen LogP contribution is 2.37. The molecule has 2 aliphatic rings. The fourth-order valence-electron chi connectivity index (χ4n) is 4.88. The van der Waals surface area contributed by atoms with E-state index in [0.29, 0.717) is 18.2 Å². The zero-order valence-corrected chi connectivity index (χ0v) is 19.6. The summed E-state index contributed by atoms with van der Waals surface area (Å²) in [5, 5.41) is 1.14. The summed E-state index contributed by atoms with van der Waals surface area (Å²) in [5.41, 5.74) is 1.22. The van der Waals surface area contributed by atoms with Gasteiger partial charge >= 0.3 is 0 Å². The second-order valence-electron chi connectivity index (χ2n) is 8.84. The van der Waals surface area contributed by atoms with E-state index < -0.39 is 0 Å². The largest absolute Gasteiger partial charge is 0.356 e. The number of aromatic nitrogens is 2. The van der Waals surface area contributed by atoms with Crippen molar-refractivity contribution in [3.63, 3.8) is 0 Å². The molecule has 0 N–H and O–H groups in total. The third kappa shape index (κ3) is 4.50. The smallest absolute Gasteiger partial charge is 0.222 e. The highest BCUT2D eigenvalue weighted by molar-refractivity contribution is 7.21. The Morgan fingerprint density at radius 1 is 1.03 bits per heavy atom. The van der Waals surface area contributed by atoms with Gasteiger partial charge in [-0.2, -0.15) is 0 Å². The Kier molecular flexibility index (Phi) is 6.37. The number of hydrogen-bond donors (Lipinski definition) is 0. The summed E-state index contributed by atoms with van der Waals surface area (Å²) in [5.74, 6) is 1.85. The topological polar surface area (TPSA) is 52.6 Å². The minimum absolute atomic E-state index is 0.342. The number of fused-ring (bicyclic) bond motifs is 1. The van der Waals surface area contributed by atoms with Crippen LogP contribution >= 0.6 is 11.3 Å². The van der Waals surface area contributed by atoms with Crippen LogP contribution in [0.3, 0.4) is 0 Å². The van der Waals surface area contributed by atoms with Gasteiger partial charge in [-0.15, -0.1) is 11.3 Å². The Bertz CT molecular complexity index is 1050. The Morgan fingerprint density at radius 2 is 1.78 bits per heavy atom. The van der Waals surface area contributed by atoms with Gasteiger partial charge in [0.25, 0.3) is 0 Å². The summed E-state index contributed by atoms with van der Waals surface area (Å²) in [6.07, 6.45) is 4.47. The number of piperazine rings is 1. The van der Waals surface area contributed by atoms with Crippen molar-refractivity contribution >= 4 is 33.3 Å². The van der Waals surface area contributed by atoms with E-state index in [4.69, 9.17) is 0 Å². The highest BCUT2D eigenvalue weighted by atomic mass is 32.1. The van der Waals surface area contributed by atoms with E-state index in [2.05, 4.69) is 61.9 Å². The van der Waals surface area contributed by atoms with Crippen LogP contribution in [0.4, 0.5) is 5.82 Å². The lowest BCUT2D eigenvalue weighted by atomic mass is 9.92. The summed E-state index contributed by atoms with van der Waals surface area (Å²) < 4.78 is 0. The Hall–Kier alpha value is -2.51. The maximum absolute atomic E-state index is 12.8. The second kappa shape index (κ2) is 9.55. The Labute approximate surface area is 193 Å². The van der Waals surface area contributed by atoms with Gasteiger partial charge in [-0.3, -0.25) is 4.79 Å². The van der Waals surface area contributed by atoms with Gasteiger partial charge in [0.1, 0.15) is 17.0 Å². The van der Waals surface area contributed by atoms with Gasteiger partial charge in [0.05, 0.1) is 5.39 Å². The van der Waals surface area contributed by atoms with Gasteiger partial charge in [-0.1, -0.05) is 37.3 Å². The minimum atomic E-state index is 0.342. The lowest BCUT2D eigenvalue weighted by Gasteiger charge is -2.36. The van der Waals surface area contributed by atoms with Crippen molar-refractivity contribution < 1.29 is 4.79 Å². The molecule has 1 amide bonds. The van der Waals surface area contributed by atoms with E-state index >= 15 is 0 Å². The van der Waals surface area contributed by atoms with Crippen molar-refractivity contribution in [3.8, 4) is 10.4 Å². The molecule has 3 aromatic rings. The maximum Gasteiger partial charge on any atom is 0.222 e. The molecule has 2 fully saturated rings. The molecule has 168 valence electrons. The lowest BCUT2D eigenvalue weighted by Crippen LogP contribution is -2.49. The molecule has 2 aromatic heterocycles. The molecule has 4 heterocycles. The number of rotatable bonds is 5. The number of thiophene rings is 1. The van der Waals surface area contributed by atoms with E-state index in [-0.39, 0.29) is 0 Å². The van der Waals surface area contributed by atoms with Crippen molar-refractivity contribution in [2.45, 2.75) is 26.2 Å². The Balaban J connectivity index is 1.22. The van der Waals surface area contributed by atoms with Crippen molar-refractivity contribution in [2.75, 3.05) is 50.7 Å². The number of anilines is 1. The highest BCUT2D eigenvalue weighted by Gasteiger charge is 2.27. The van der Waals surface area contributed by atoms with Gasteiger partial charge in [-0.05, 0) is 36.9 Å². The zero-order chi connectivity index (χ0) is 21.9. The summed E-state index contributed by atoms with van der Waals surface area (Å²) in [6, 6.07) is 12.7. The van der Waals surface area contributed by atoms with Gasteiger partial charge < -0.3 is 14.7 Å². The molecule has 0 saturated carbocycles. The molecule has 2 saturated heterocycles. The van der Waals surface area contributed by atoms with Crippen LogP contribution in [0.1, 0.15) is 26.2 Å². The number of nitrogens with zero attached hydrogens (tertiary/aromatic N) is 5. The van der Waals surface area contributed by atoms with Gasteiger partial charge in [0, 0.05) is 50.6 Å². The first-order chi connectivity index (χ1) is 15.7. The van der Waals surface area contributed by atoms with Crippen LogP contribution in [0.2, 0.25) is 0 Å². The number of hydrogen-bond acceptors (Lipinski definition) is 6. The molecule has 0 spiro atoms. The predicted molar refractivity (Wildman–Crippen MR) is 131 cm³/mol. The molecule has 0 unspecified atom stereocenters. The van der Waals surface area contributed by atoms with Crippen molar-refractivity contribution in [1.29, 1.82) is 0 Å². The van der Waals surface area contributed by atoms with Crippen molar-refractivity contribution in [3.05, 3.63) is 42.7 Å². The summed E-state index contributed by atoms with van der Waals surface area (Å²) >= 11 is 1.72. The van der Waals surface area contributed by atoms with Crippen LogP contribution in [0.15, 0.2) is 42.7 Å². The van der Waals surface area contributed by atoms with E-state index in [1.165, 1.54) is 10.4 Å². The summed E-state index contributed by atoms with van der Waals surface area (Å²) in [6.45, 7) is 8.95. The van der Waals surface area contributed by atoms with E-state index in [1.54, 1.807) is 17.7 Å². The monoisotopic (exact) mass is 449 g/mol. The first-order valence-corrected chi connectivity index (χ1v) is 12.6. The molecule has 7 heteroatoms. The first kappa shape index (κ1) is 21.3. The number of benzene rings is 1. The molecular weight excluding hydrogens is 418 g/mol. The fraction of sp³-hybridized carbons (Fsp3) is 0.480. The molecule has 32 heavy (non-hydrogen) atoms. The quantitative estimate of drug-likeness (QED) is 0.586. The van der Waals surface area contributed by atoms with Gasteiger partial charge in [-0.25, -0.2) is 9.97 Å². The van der Waals surface area contributed by atoms with Crippen LogP contribution in [0.25, 0.3) is 20.7 Å². The van der Waals surface area contributed by atoms with Gasteiger partial charge in [0.2, 0.25) is 5.91 Å². The number of carbonyl (C=O) groups excluding carboxylic acids is 1. The first-order valence-electron chi connectivity index (χ1n) is 11.8. The molecule has 0 atom stereocenters. The number of carbonyl (C=O) groups is 1. The van der Waals surface area contributed by atoms with E-state index in [1.807, 2.05) is 6.07 Å². The van der Waals surface area contributed by atoms with Crippen LogP contribution in [-0.4, -0.2) is 71.5 Å². The number of piperidine rings is 1. The standard InChI is InChI=1S/C25H31N5OS/c1-2-28-12-14-29(15-13-28)23(31)16-19-8-10-30(11-9-19)24-21-17-22(20-6-4-3-5-7-20)32-25(21)27-18-26-24/h3-7,17-19H,2,8-16H2,1H3. The number of amides is 1. The Morgan fingerprint density at radius 3 is 2.50 bits per heavy atom. The van der Waals surface area contributed by atoms with Crippen LogP contribution in [0.5, 0.6) is 0 Å². The van der Waals surface area contributed by atoms with E-state index in [0.717, 1.165) is 74.7 Å². The van der Waals surface area contributed by atoms with Crippen molar-refractivity contribution in [2.24, 2.45) is 5.92 Å². The van der Waals surface area contributed by atoms with Gasteiger partial charge in [0.15, 0.2) is 0 Å². The maximum atomic E-state index is 12.8. The normalized spacial score (nSPS) is 18.4. The summed E-state index contributed by atoms with van der Waals surface area (Å²) in [4.78, 5) is 31.1. The molecule has 5 rings (SSSR count). The molecule has 2 aliphatic heterocycles. The molecule has 0 aliphatic carbocycles. The molecule has 0 bridgehead atoms. The molecule has 1 aromatic carbocycles. The average molecular weight is 450 g/mol. The zero-order valence-electron chi connectivity index (χ0n) is 18.7. The third-order valence-corrected chi connectivity index (χ3v) is 8.01. The lowest BCUT2D eigenvalue weighted by molar-refractivity contribution is -0.134. The SMILES string of the molecule is CCN1CCN(C(=O)CC2CCN(c3ncnc4sc(-c5ccccc5)cc34)CC2)CC1. The third-order valence-electron chi connectivity index (χ3n) is 6.92. The van der Waals surface area contributed by atoms with Crippen LogP contribution < -0.4 is 4.90 Å². The van der Waals surface area contributed by atoms with E-state index in [9.17, 15) is 4.79 Å². The van der Waals surface area contributed by atoms with Crippen LogP contribution in [-0.2, 0) is 4.79 Å². The summed E-state index contributed by atoms with van der Waals surface area (Å²) in [7, 11) is 0. The second-order valence-corrected chi connectivity index (χ2v) is 9.87. The average Bonchev–Trinajstić information content (AvgIpc) is 3.30. The fourth-order valence-corrected chi connectivity index (χ4v) is 5.88. The molecule has 0 radical (unpaired) electrons. The number of likely N-dealkylation sites (N-methyl/N-ethyl adjacent to an activating group) is 1. The predicted octanol–water partition coefficient (Wildman–Crippen LogP) is 4.13. The van der Waals surface area contributed by atoms with Crippen molar-refractivity contribution in [1.82, 2.24) is 19.8 Å². The minimum Gasteiger partial charge on any atom is -0.356 e. The van der Waals surface area contributed by atoms with Crippen LogP contribution in [0, 0.1) is 5.92 Å². The molecule has 6 nitrogen and oxygen atoms in total. The molecular formula is C25H31N5OS.